The highest BCUT2D eigenvalue weighted by Gasteiger charge is 2.21. The molecular weight excluding hydrogens is 378 g/mol. The minimum absolute atomic E-state index is 0.197. The number of aryl methyl sites for hydroxylation is 1. The number of benzene rings is 1. The lowest BCUT2D eigenvalue weighted by atomic mass is 9.86. The average Bonchev–Trinajstić information content (AvgIpc) is 2.66. The van der Waals surface area contributed by atoms with E-state index in [1.54, 1.807) is 18.2 Å². The van der Waals surface area contributed by atoms with E-state index in [-0.39, 0.29) is 12.5 Å². The number of hydrogen-bond donors (Lipinski definition) is 3. The molecule has 28 heavy (non-hydrogen) atoms. The predicted molar refractivity (Wildman–Crippen MR) is 111 cm³/mol. The smallest absolute Gasteiger partial charge is 0.336 e. The first-order valence-corrected chi connectivity index (χ1v) is 9.86. The van der Waals surface area contributed by atoms with Crippen molar-refractivity contribution in [3.05, 3.63) is 40.2 Å². The number of amides is 1. The molecule has 1 amide bonds. The fraction of sp³-hybridized carbons (Fsp3) is 0.450. The lowest BCUT2D eigenvalue weighted by molar-refractivity contribution is -0.123. The Morgan fingerprint density at radius 3 is 2.82 bits per heavy atom. The van der Waals surface area contributed by atoms with E-state index < -0.39 is 5.63 Å². The van der Waals surface area contributed by atoms with Gasteiger partial charge in [0, 0.05) is 23.6 Å². The Kier molecular flexibility index (Phi) is 6.51. The van der Waals surface area contributed by atoms with E-state index in [4.69, 9.17) is 21.4 Å². The van der Waals surface area contributed by atoms with Gasteiger partial charge in [0.15, 0.2) is 11.7 Å². The molecule has 7 nitrogen and oxygen atoms in total. The number of thiocarbonyl (C=S) groups is 1. The summed E-state index contributed by atoms with van der Waals surface area (Å²) in [6, 6.07) is 6.89. The van der Waals surface area contributed by atoms with Crippen molar-refractivity contribution in [2.45, 2.75) is 45.6 Å². The second kappa shape index (κ2) is 9.05. The third-order valence-electron chi connectivity index (χ3n) is 5.04. The Morgan fingerprint density at radius 1 is 1.25 bits per heavy atom. The van der Waals surface area contributed by atoms with E-state index in [1.165, 1.54) is 25.3 Å². The van der Waals surface area contributed by atoms with Gasteiger partial charge < -0.3 is 14.5 Å². The highest BCUT2D eigenvalue weighted by molar-refractivity contribution is 7.80. The highest BCUT2D eigenvalue weighted by Crippen LogP contribution is 2.23. The van der Waals surface area contributed by atoms with Crippen molar-refractivity contribution in [2.24, 2.45) is 5.92 Å². The third-order valence-corrected chi connectivity index (χ3v) is 5.26. The van der Waals surface area contributed by atoms with Crippen LogP contribution in [-0.2, 0) is 4.79 Å². The fourth-order valence-corrected chi connectivity index (χ4v) is 3.64. The van der Waals surface area contributed by atoms with Crippen molar-refractivity contribution in [3.63, 3.8) is 0 Å². The molecule has 1 heterocycles. The predicted octanol–water partition coefficient (Wildman–Crippen LogP) is 2.55. The van der Waals surface area contributed by atoms with Crippen LogP contribution in [0.2, 0.25) is 0 Å². The normalized spacial score (nSPS) is 19.1. The number of ether oxygens (including phenoxy) is 1. The van der Waals surface area contributed by atoms with Crippen molar-refractivity contribution >= 4 is 34.2 Å². The van der Waals surface area contributed by atoms with Crippen molar-refractivity contribution < 1.29 is 13.9 Å². The Balaban J connectivity index is 1.47. The fourth-order valence-electron chi connectivity index (χ4n) is 3.44. The Bertz CT molecular complexity index is 927. The van der Waals surface area contributed by atoms with Gasteiger partial charge in [-0.3, -0.25) is 15.6 Å². The van der Waals surface area contributed by atoms with Gasteiger partial charge in [-0.1, -0.05) is 19.8 Å². The zero-order chi connectivity index (χ0) is 20.1. The lowest BCUT2D eigenvalue weighted by Gasteiger charge is -2.30. The molecular formula is C20H25N3O4S. The topological polar surface area (TPSA) is 92.6 Å². The molecule has 1 aliphatic rings. The van der Waals surface area contributed by atoms with Crippen molar-refractivity contribution in [1.82, 2.24) is 16.2 Å². The first-order chi connectivity index (χ1) is 13.4. The molecule has 2 atom stereocenters. The van der Waals surface area contributed by atoms with Crippen LogP contribution in [0.1, 0.15) is 38.2 Å². The van der Waals surface area contributed by atoms with Crippen LogP contribution in [0, 0.1) is 12.8 Å². The average molecular weight is 404 g/mol. The van der Waals surface area contributed by atoms with Crippen LogP contribution >= 0.6 is 12.2 Å². The van der Waals surface area contributed by atoms with Gasteiger partial charge in [0.25, 0.3) is 5.91 Å². The number of fused-ring (bicyclic) bond motifs is 1. The van der Waals surface area contributed by atoms with Crippen LogP contribution in [0.3, 0.4) is 0 Å². The SMILES string of the molecule is Cc1cc(=O)oc2cc(OCC(=O)NNC(=S)N[C@@H]3CCCC[C@H]3C)ccc12. The number of rotatable bonds is 4. The van der Waals surface area contributed by atoms with Gasteiger partial charge in [-0.15, -0.1) is 0 Å². The van der Waals surface area contributed by atoms with Gasteiger partial charge in [0.1, 0.15) is 11.3 Å². The molecule has 1 saturated carbocycles. The Labute approximate surface area is 168 Å². The van der Waals surface area contributed by atoms with Crippen LogP contribution in [0.4, 0.5) is 0 Å². The molecule has 0 unspecified atom stereocenters. The molecule has 150 valence electrons. The number of hydrogen-bond acceptors (Lipinski definition) is 5. The van der Waals surface area contributed by atoms with Gasteiger partial charge in [-0.05, 0) is 55.6 Å². The van der Waals surface area contributed by atoms with E-state index in [1.807, 2.05) is 6.92 Å². The highest BCUT2D eigenvalue weighted by atomic mass is 32.1. The van der Waals surface area contributed by atoms with Crippen LogP contribution in [-0.4, -0.2) is 23.7 Å². The maximum atomic E-state index is 12.0. The molecule has 0 saturated heterocycles. The molecule has 1 aromatic carbocycles. The summed E-state index contributed by atoms with van der Waals surface area (Å²) >= 11 is 5.24. The molecule has 8 heteroatoms. The van der Waals surface area contributed by atoms with E-state index >= 15 is 0 Å². The second-order valence-corrected chi connectivity index (χ2v) is 7.62. The van der Waals surface area contributed by atoms with Gasteiger partial charge >= 0.3 is 5.63 Å². The molecule has 3 rings (SSSR count). The molecule has 1 aromatic heterocycles. The summed E-state index contributed by atoms with van der Waals surface area (Å²) in [6.07, 6.45) is 4.71. The van der Waals surface area contributed by atoms with Gasteiger partial charge in [0.2, 0.25) is 0 Å². The zero-order valence-electron chi connectivity index (χ0n) is 16.0. The molecule has 0 spiro atoms. The Morgan fingerprint density at radius 2 is 2.04 bits per heavy atom. The maximum Gasteiger partial charge on any atom is 0.336 e. The van der Waals surface area contributed by atoms with E-state index in [9.17, 15) is 9.59 Å². The standard InChI is InChI=1S/C20H25N3O4S/c1-12-5-3-4-6-16(12)21-20(28)23-22-18(24)11-26-14-7-8-15-13(2)9-19(25)27-17(15)10-14/h7-10,12,16H,3-6,11H2,1-2H3,(H,22,24)(H2,21,23,28)/t12-,16-/m1/s1. The summed E-state index contributed by atoms with van der Waals surface area (Å²) in [5, 5.41) is 4.47. The molecule has 0 aliphatic heterocycles. The largest absolute Gasteiger partial charge is 0.484 e. The summed E-state index contributed by atoms with van der Waals surface area (Å²) < 4.78 is 10.7. The van der Waals surface area contributed by atoms with Crippen LogP contribution in [0.15, 0.2) is 33.5 Å². The van der Waals surface area contributed by atoms with Crippen molar-refractivity contribution in [2.75, 3.05) is 6.61 Å². The minimum atomic E-state index is -0.419. The number of hydrazine groups is 1. The summed E-state index contributed by atoms with van der Waals surface area (Å²) in [5.74, 6) is 0.629. The maximum absolute atomic E-state index is 12.0. The first kappa shape index (κ1) is 20.1. The molecule has 2 aromatic rings. The number of carbonyl (C=O) groups excluding carboxylic acids is 1. The quantitative estimate of drug-likeness (QED) is 0.410. The summed E-state index contributed by atoms with van der Waals surface area (Å²) in [7, 11) is 0. The van der Waals surface area contributed by atoms with Crippen molar-refractivity contribution in [3.8, 4) is 5.75 Å². The second-order valence-electron chi connectivity index (χ2n) is 7.21. The molecule has 1 fully saturated rings. The summed E-state index contributed by atoms with van der Waals surface area (Å²) in [5.41, 5.74) is 6.07. The molecule has 0 bridgehead atoms. The van der Waals surface area contributed by atoms with Crippen molar-refractivity contribution in [1.29, 1.82) is 0 Å². The molecule has 3 N–H and O–H groups in total. The van der Waals surface area contributed by atoms with Gasteiger partial charge in [-0.25, -0.2) is 4.79 Å². The summed E-state index contributed by atoms with van der Waals surface area (Å²) in [4.78, 5) is 23.5. The minimum Gasteiger partial charge on any atom is -0.484 e. The summed E-state index contributed by atoms with van der Waals surface area (Å²) in [6.45, 7) is 3.85. The first-order valence-electron chi connectivity index (χ1n) is 9.45. The number of nitrogens with one attached hydrogen (secondary N) is 3. The van der Waals surface area contributed by atoms with Crippen LogP contribution in [0.5, 0.6) is 5.75 Å². The van der Waals surface area contributed by atoms with Crippen LogP contribution < -0.4 is 26.5 Å². The molecule has 0 radical (unpaired) electrons. The van der Waals surface area contributed by atoms with E-state index in [2.05, 4.69) is 23.1 Å². The van der Waals surface area contributed by atoms with E-state index in [0.29, 0.717) is 28.4 Å². The van der Waals surface area contributed by atoms with Gasteiger partial charge in [0.05, 0.1) is 0 Å². The van der Waals surface area contributed by atoms with Gasteiger partial charge in [-0.2, -0.15) is 0 Å². The van der Waals surface area contributed by atoms with Crippen LogP contribution in [0.25, 0.3) is 11.0 Å². The monoisotopic (exact) mass is 403 g/mol. The Hall–Kier alpha value is -2.61. The molecule has 1 aliphatic carbocycles. The zero-order valence-corrected chi connectivity index (χ0v) is 16.9. The van der Waals surface area contributed by atoms with E-state index in [0.717, 1.165) is 17.4 Å². The number of carbonyl (C=O) groups is 1. The third kappa shape index (κ3) is 5.22. The lowest BCUT2D eigenvalue weighted by Crippen LogP contribution is -2.52.